The quantitative estimate of drug-likeness (QED) is 0.663. The zero-order valence-electron chi connectivity index (χ0n) is 16.2. The molecule has 0 amide bonds. The molecule has 0 saturated carbocycles. The second kappa shape index (κ2) is 9.43. The largest absolute Gasteiger partial charge is 0.496 e. The van der Waals surface area contributed by atoms with Gasteiger partial charge < -0.3 is 14.6 Å². The number of ether oxygens (including phenoxy) is 2. The number of carboxylic acids is 1. The maximum Gasteiger partial charge on any atom is 0.307 e. The van der Waals surface area contributed by atoms with E-state index < -0.39 is 5.97 Å². The van der Waals surface area contributed by atoms with Gasteiger partial charge in [-0.25, -0.2) is 0 Å². The molecule has 0 aromatic heterocycles. The minimum atomic E-state index is -0.734. The predicted octanol–water partition coefficient (Wildman–Crippen LogP) is 4.74. The molecule has 2 atom stereocenters. The number of hydrogen-bond donors (Lipinski definition) is 1. The van der Waals surface area contributed by atoms with Crippen molar-refractivity contribution in [2.45, 2.75) is 25.8 Å². The maximum atomic E-state index is 11.7. The summed E-state index contributed by atoms with van der Waals surface area (Å²) >= 11 is 3.58. The molecule has 1 N–H and O–H groups in total. The standard InChI is InChI=1S/C22H26BrNO4/c1-3-28-20-11-10-16(23)13-18(20)21(17-8-4-5-9-19(17)27-2)24-12-6-7-15(14-24)22(25)26/h4-5,8-11,13,15,21H,3,6-7,12,14H2,1-2H3,(H,25,26). The Bertz CT molecular complexity index is 826. The molecular formula is C22H26BrNO4. The highest BCUT2D eigenvalue weighted by molar-refractivity contribution is 9.10. The van der Waals surface area contributed by atoms with Crippen molar-refractivity contribution in [3.63, 3.8) is 0 Å². The van der Waals surface area contributed by atoms with E-state index in [2.05, 4.69) is 26.9 Å². The van der Waals surface area contributed by atoms with Crippen LogP contribution >= 0.6 is 15.9 Å². The molecule has 5 nitrogen and oxygen atoms in total. The maximum absolute atomic E-state index is 11.7. The highest BCUT2D eigenvalue weighted by atomic mass is 79.9. The first-order valence-corrected chi connectivity index (χ1v) is 10.4. The Balaban J connectivity index is 2.13. The summed E-state index contributed by atoms with van der Waals surface area (Å²) < 4.78 is 12.5. The first-order valence-electron chi connectivity index (χ1n) is 9.57. The summed E-state index contributed by atoms with van der Waals surface area (Å²) in [5.74, 6) is 0.489. The number of benzene rings is 2. The van der Waals surface area contributed by atoms with Crippen molar-refractivity contribution >= 4 is 21.9 Å². The lowest BCUT2D eigenvalue weighted by atomic mass is 9.90. The normalized spacial score (nSPS) is 18.5. The van der Waals surface area contributed by atoms with Crippen LogP contribution in [0.25, 0.3) is 0 Å². The van der Waals surface area contributed by atoms with E-state index >= 15 is 0 Å². The Kier molecular flexibility index (Phi) is 6.97. The highest BCUT2D eigenvalue weighted by Crippen LogP contribution is 2.41. The molecule has 2 aromatic carbocycles. The van der Waals surface area contributed by atoms with Crippen molar-refractivity contribution in [1.82, 2.24) is 4.90 Å². The average Bonchev–Trinajstić information content (AvgIpc) is 2.71. The number of piperidine rings is 1. The van der Waals surface area contributed by atoms with Crippen molar-refractivity contribution in [1.29, 1.82) is 0 Å². The monoisotopic (exact) mass is 447 g/mol. The number of aliphatic carboxylic acids is 1. The van der Waals surface area contributed by atoms with Gasteiger partial charge in [-0.3, -0.25) is 9.69 Å². The zero-order valence-corrected chi connectivity index (χ0v) is 17.8. The number of para-hydroxylation sites is 1. The van der Waals surface area contributed by atoms with Crippen molar-refractivity contribution in [2.24, 2.45) is 5.92 Å². The van der Waals surface area contributed by atoms with Gasteiger partial charge in [-0.05, 0) is 50.6 Å². The molecule has 2 unspecified atom stereocenters. The van der Waals surface area contributed by atoms with E-state index in [0.717, 1.165) is 40.1 Å². The third kappa shape index (κ3) is 4.50. The molecule has 1 heterocycles. The van der Waals surface area contributed by atoms with E-state index in [-0.39, 0.29) is 12.0 Å². The minimum absolute atomic E-state index is 0.155. The molecule has 1 saturated heterocycles. The number of halogens is 1. The van der Waals surface area contributed by atoms with Gasteiger partial charge in [0, 0.05) is 22.1 Å². The molecule has 1 aliphatic rings. The first-order chi connectivity index (χ1) is 13.5. The van der Waals surface area contributed by atoms with Crippen LogP contribution in [0.2, 0.25) is 0 Å². The van der Waals surface area contributed by atoms with E-state index in [9.17, 15) is 9.90 Å². The summed E-state index contributed by atoms with van der Waals surface area (Å²) in [6, 6.07) is 13.8. The second-order valence-corrected chi connectivity index (χ2v) is 7.85. The van der Waals surface area contributed by atoms with Crippen LogP contribution in [-0.4, -0.2) is 42.8 Å². The molecule has 3 rings (SSSR count). The van der Waals surface area contributed by atoms with E-state index in [4.69, 9.17) is 9.47 Å². The number of nitrogens with zero attached hydrogens (tertiary/aromatic N) is 1. The van der Waals surface area contributed by atoms with Gasteiger partial charge in [0.25, 0.3) is 0 Å². The van der Waals surface area contributed by atoms with Crippen LogP contribution < -0.4 is 9.47 Å². The summed E-state index contributed by atoms with van der Waals surface area (Å²) in [7, 11) is 1.66. The van der Waals surface area contributed by atoms with Crippen molar-refractivity contribution in [3.05, 3.63) is 58.1 Å². The van der Waals surface area contributed by atoms with Crippen LogP contribution in [-0.2, 0) is 4.79 Å². The van der Waals surface area contributed by atoms with Crippen LogP contribution in [0.15, 0.2) is 46.9 Å². The molecule has 28 heavy (non-hydrogen) atoms. The van der Waals surface area contributed by atoms with Gasteiger partial charge in [0.15, 0.2) is 0 Å². The summed E-state index contributed by atoms with van der Waals surface area (Å²) in [5.41, 5.74) is 2.02. The highest BCUT2D eigenvalue weighted by Gasteiger charge is 2.34. The molecule has 0 spiro atoms. The number of carbonyl (C=O) groups is 1. The molecular weight excluding hydrogens is 422 g/mol. The molecule has 1 fully saturated rings. The van der Waals surface area contributed by atoms with Crippen LogP contribution in [0.5, 0.6) is 11.5 Å². The third-order valence-electron chi connectivity index (χ3n) is 5.17. The molecule has 0 bridgehead atoms. The number of likely N-dealkylation sites (tertiary alicyclic amines) is 1. The fourth-order valence-corrected chi connectivity index (χ4v) is 4.29. The van der Waals surface area contributed by atoms with Crippen LogP contribution in [0, 0.1) is 5.92 Å². The van der Waals surface area contributed by atoms with Gasteiger partial charge in [-0.2, -0.15) is 0 Å². The zero-order chi connectivity index (χ0) is 20.1. The molecule has 0 radical (unpaired) electrons. The minimum Gasteiger partial charge on any atom is -0.496 e. The summed E-state index contributed by atoms with van der Waals surface area (Å²) in [5, 5.41) is 9.58. The fourth-order valence-electron chi connectivity index (χ4n) is 3.92. The van der Waals surface area contributed by atoms with Crippen molar-refractivity contribution in [3.8, 4) is 11.5 Å². The summed E-state index contributed by atoms with van der Waals surface area (Å²) in [6.45, 7) is 3.84. The van der Waals surface area contributed by atoms with E-state index in [1.54, 1.807) is 7.11 Å². The Morgan fingerprint density at radius 1 is 1.25 bits per heavy atom. The smallest absolute Gasteiger partial charge is 0.307 e. The fraction of sp³-hybridized carbons (Fsp3) is 0.409. The summed E-state index contributed by atoms with van der Waals surface area (Å²) in [6.07, 6.45) is 1.56. The Morgan fingerprint density at radius 3 is 2.75 bits per heavy atom. The van der Waals surface area contributed by atoms with Crippen LogP contribution in [0.3, 0.4) is 0 Å². The Labute approximate surface area is 174 Å². The Hall–Kier alpha value is -2.05. The number of hydrogen-bond acceptors (Lipinski definition) is 4. The topological polar surface area (TPSA) is 59.0 Å². The molecule has 2 aromatic rings. The SMILES string of the molecule is CCOc1ccc(Br)cc1C(c1ccccc1OC)N1CCCC(C(=O)O)C1. The number of rotatable bonds is 7. The van der Waals surface area contributed by atoms with Crippen LogP contribution in [0.4, 0.5) is 0 Å². The van der Waals surface area contributed by atoms with E-state index in [1.807, 2.05) is 43.3 Å². The molecule has 150 valence electrons. The molecule has 0 aliphatic carbocycles. The number of methoxy groups -OCH3 is 1. The first kappa shape index (κ1) is 20.7. The van der Waals surface area contributed by atoms with Crippen molar-refractivity contribution in [2.75, 3.05) is 26.8 Å². The third-order valence-corrected chi connectivity index (χ3v) is 5.66. The van der Waals surface area contributed by atoms with Gasteiger partial charge in [0.1, 0.15) is 11.5 Å². The second-order valence-electron chi connectivity index (χ2n) is 6.93. The van der Waals surface area contributed by atoms with Crippen LogP contribution in [0.1, 0.15) is 36.9 Å². The number of carboxylic acid groups (broad SMARTS) is 1. The lowest BCUT2D eigenvalue weighted by Crippen LogP contribution is -2.41. The lowest BCUT2D eigenvalue weighted by molar-refractivity contribution is -0.143. The van der Waals surface area contributed by atoms with Crippen molar-refractivity contribution < 1.29 is 19.4 Å². The Morgan fingerprint density at radius 2 is 2.04 bits per heavy atom. The molecule has 1 aliphatic heterocycles. The van der Waals surface area contributed by atoms with Gasteiger partial charge in [-0.1, -0.05) is 34.1 Å². The summed E-state index contributed by atoms with van der Waals surface area (Å²) in [4.78, 5) is 13.9. The van der Waals surface area contributed by atoms with Gasteiger partial charge in [0.2, 0.25) is 0 Å². The molecule has 6 heteroatoms. The predicted molar refractivity (Wildman–Crippen MR) is 112 cm³/mol. The van der Waals surface area contributed by atoms with Gasteiger partial charge in [-0.15, -0.1) is 0 Å². The van der Waals surface area contributed by atoms with Gasteiger partial charge >= 0.3 is 5.97 Å². The average molecular weight is 448 g/mol. The lowest BCUT2D eigenvalue weighted by Gasteiger charge is -2.38. The van der Waals surface area contributed by atoms with E-state index in [1.165, 1.54) is 0 Å². The van der Waals surface area contributed by atoms with E-state index in [0.29, 0.717) is 19.6 Å². The van der Waals surface area contributed by atoms with Gasteiger partial charge in [0.05, 0.1) is 25.7 Å².